The molecule has 1 aromatic heterocycles. The standard InChI is InChI=1S/C11H12ClFN4/c12-10-3-1-2-9(11(10)13)8-14-4-6-17-7-5-15-16-17/h1-3,5,7,14H,4,6,8H2. The summed E-state index contributed by atoms with van der Waals surface area (Å²) in [6.07, 6.45) is 3.40. The molecule has 2 aromatic rings. The summed E-state index contributed by atoms with van der Waals surface area (Å²) >= 11 is 5.68. The maximum atomic E-state index is 13.5. The van der Waals surface area contributed by atoms with Crippen molar-refractivity contribution in [2.45, 2.75) is 13.1 Å². The average Bonchev–Trinajstić information content (AvgIpc) is 2.83. The second kappa shape index (κ2) is 5.75. The molecule has 0 aliphatic rings. The first-order valence-corrected chi connectivity index (χ1v) is 5.63. The minimum Gasteiger partial charge on any atom is -0.311 e. The molecular formula is C11H12ClFN4. The molecule has 0 saturated heterocycles. The average molecular weight is 255 g/mol. The first kappa shape index (κ1) is 12.0. The second-order valence-corrected chi connectivity index (χ2v) is 3.96. The number of hydrogen-bond donors (Lipinski definition) is 1. The molecule has 17 heavy (non-hydrogen) atoms. The molecule has 0 bridgehead atoms. The third-order valence-electron chi connectivity index (χ3n) is 2.34. The number of nitrogens with zero attached hydrogens (tertiary/aromatic N) is 3. The Hall–Kier alpha value is -1.46. The molecule has 6 heteroatoms. The third-order valence-corrected chi connectivity index (χ3v) is 2.63. The van der Waals surface area contributed by atoms with Crippen molar-refractivity contribution in [3.8, 4) is 0 Å². The zero-order valence-electron chi connectivity index (χ0n) is 9.11. The lowest BCUT2D eigenvalue weighted by molar-refractivity contribution is 0.529. The van der Waals surface area contributed by atoms with Crippen LogP contribution in [0.4, 0.5) is 4.39 Å². The van der Waals surface area contributed by atoms with Crippen LogP contribution in [0.25, 0.3) is 0 Å². The highest BCUT2D eigenvalue weighted by molar-refractivity contribution is 6.30. The summed E-state index contributed by atoms with van der Waals surface area (Å²) in [6, 6.07) is 4.99. The van der Waals surface area contributed by atoms with E-state index in [-0.39, 0.29) is 10.8 Å². The Morgan fingerprint density at radius 1 is 1.41 bits per heavy atom. The van der Waals surface area contributed by atoms with Crippen molar-refractivity contribution < 1.29 is 4.39 Å². The molecular weight excluding hydrogens is 243 g/mol. The molecule has 2 rings (SSSR count). The molecule has 1 heterocycles. The predicted molar refractivity (Wildman–Crippen MR) is 63.1 cm³/mol. The molecule has 0 aliphatic heterocycles. The Balaban J connectivity index is 1.80. The third kappa shape index (κ3) is 3.25. The number of halogens is 2. The second-order valence-electron chi connectivity index (χ2n) is 3.56. The Labute approximate surface area is 103 Å². The molecule has 0 radical (unpaired) electrons. The Morgan fingerprint density at radius 2 is 2.29 bits per heavy atom. The van der Waals surface area contributed by atoms with Gasteiger partial charge in [0.25, 0.3) is 0 Å². The van der Waals surface area contributed by atoms with E-state index in [2.05, 4.69) is 15.6 Å². The van der Waals surface area contributed by atoms with Gasteiger partial charge < -0.3 is 5.32 Å². The lowest BCUT2D eigenvalue weighted by Crippen LogP contribution is -2.20. The van der Waals surface area contributed by atoms with Crippen LogP contribution in [0.1, 0.15) is 5.56 Å². The van der Waals surface area contributed by atoms with Crippen LogP contribution < -0.4 is 5.32 Å². The zero-order valence-corrected chi connectivity index (χ0v) is 9.86. The van der Waals surface area contributed by atoms with Gasteiger partial charge in [-0.25, -0.2) is 4.39 Å². The van der Waals surface area contributed by atoms with E-state index in [1.165, 1.54) is 6.07 Å². The van der Waals surface area contributed by atoms with Crippen LogP contribution in [-0.4, -0.2) is 21.5 Å². The normalized spacial score (nSPS) is 10.7. The highest BCUT2D eigenvalue weighted by atomic mass is 35.5. The zero-order chi connectivity index (χ0) is 12.1. The van der Waals surface area contributed by atoms with Gasteiger partial charge >= 0.3 is 0 Å². The fraction of sp³-hybridized carbons (Fsp3) is 0.273. The number of rotatable bonds is 5. The molecule has 0 unspecified atom stereocenters. The highest BCUT2D eigenvalue weighted by Gasteiger charge is 2.04. The lowest BCUT2D eigenvalue weighted by Gasteiger charge is -2.06. The largest absolute Gasteiger partial charge is 0.311 e. The molecule has 0 amide bonds. The van der Waals surface area contributed by atoms with Crippen LogP contribution in [0.15, 0.2) is 30.6 Å². The summed E-state index contributed by atoms with van der Waals surface area (Å²) in [5.74, 6) is -0.359. The summed E-state index contributed by atoms with van der Waals surface area (Å²) < 4.78 is 15.2. The summed E-state index contributed by atoms with van der Waals surface area (Å²) in [4.78, 5) is 0. The monoisotopic (exact) mass is 254 g/mol. The summed E-state index contributed by atoms with van der Waals surface area (Å²) in [6.45, 7) is 1.83. The molecule has 90 valence electrons. The van der Waals surface area contributed by atoms with Crippen molar-refractivity contribution in [3.05, 3.63) is 47.0 Å². The molecule has 1 N–H and O–H groups in total. The van der Waals surface area contributed by atoms with E-state index in [0.29, 0.717) is 25.2 Å². The van der Waals surface area contributed by atoms with Gasteiger partial charge in [0, 0.05) is 24.8 Å². The number of nitrogens with one attached hydrogen (secondary N) is 1. The lowest BCUT2D eigenvalue weighted by atomic mass is 10.2. The molecule has 0 fully saturated rings. The highest BCUT2D eigenvalue weighted by Crippen LogP contribution is 2.17. The smallest absolute Gasteiger partial charge is 0.146 e. The maximum Gasteiger partial charge on any atom is 0.146 e. The minimum atomic E-state index is -0.359. The van der Waals surface area contributed by atoms with Crippen molar-refractivity contribution in [3.63, 3.8) is 0 Å². The van der Waals surface area contributed by atoms with Gasteiger partial charge in [-0.2, -0.15) is 0 Å². The predicted octanol–water partition coefficient (Wildman–Crippen LogP) is 1.86. The van der Waals surface area contributed by atoms with Crippen molar-refractivity contribution >= 4 is 11.6 Å². The van der Waals surface area contributed by atoms with E-state index in [1.807, 2.05) is 0 Å². The Bertz CT molecular complexity index is 472. The van der Waals surface area contributed by atoms with E-state index < -0.39 is 0 Å². The van der Waals surface area contributed by atoms with Gasteiger partial charge in [-0.3, -0.25) is 4.68 Å². The van der Waals surface area contributed by atoms with Gasteiger partial charge in [0.05, 0.1) is 17.8 Å². The first-order chi connectivity index (χ1) is 8.27. The van der Waals surface area contributed by atoms with E-state index in [4.69, 9.17) is 11.6 Å². The fourth-order valence-corrected chi connectivity index (χ4v) is 1.65. The number of benzene rings is 1. The molecule has 0 aliphatic carbocycles. The fourth-order valence-electron chi connectivity index (χ4n) is 1.45. The SMILES string of the molecule is Fc1c(Cl)cccc1CNCCn1ccnn1. The molecule has 0 spiro atoms. The van der Waals surface area contributed by atoms with Crippen molar-refractivity contribution in [2.24, 2.45) is 0 Å². The van der Waals surface area contributed by atoms with Gasteiger partial charge in [0.1, 0.15) is 5.82 Å². The Kier molecular flexibility index (Phi) is 4.06. The topological polar surface area (TPSA) is 42.7 Å². The Morgan fingerprint density at radius 3 is 3.06 bits per heavy atom. The van der Waals surface area contributed by atoms with Gasteiger partial charge in [-0.15, -0.1) is 5.10 Å². The van der Waals surface area contributed by atoms with Crippen molar-refractivity contribution in [1.29, 1.82) is 0 Å². The van der Waals surface area contributed by atoms with E-state index >= 15 is 0 Å². The van der Waals surface area contributed by atoms with Crippen LogP contribution in [0.2, 0.25) is 5.02 Å². The van der Waals surface area contributed by atoms with Crippen LogP contribution in [0, 0.1) is 5.82 Å². The van der Waals surface area contributed by atoms with Gasteiger partial charge in [0.2, 0.25) is 0 Å². The van der Waals surface area contributed by atoms with Gasteiger partial charge in [0.15, 0.2) is 0 Å². The van der Waals surface area contributed by atoms with Crippen LogP contribution in [0.5, 0.6) is 0 Å². The van der Waals surface area contributed by atoms with Crippen LogP contribution in [-0.2, 0) is 13.1 Å². The summed E-state index contributed by atoms with van der Waals surface area (Å²) in [7, 11) is 0. The number of aromatic nitrogens is 3. The quantitative estimate of drug-likeness (QED) is 0.829. The van der Waals surface area contributed by atoms with Gasteiger partial charge in [-0.05, 0) is 6.07 Å². The summed E-state index contributed by atoms with van der Waals surface area (Å²) in [5, 5.41) is 10.8. The maximum absolute atomic E-state index is 13.5. The number of hydrogen-bond acceptors (Lipinski definition) is 3. The molecule has 0 saturated carbocycles. The van der Waals surface area contributed by atoms with Crippen molar-refractivity contribution in [1.82, 2.24) is 20.3 Å². The van der Waals surface area contributed by atoms with Crippen LogP contribution in [0.3, 0.4) is 0 Å². The first-order valence-electron chi connectivity index (χ1n) is 5.25. The molecule has 0 atom stereocenters. The van der Waals surface area contributed by atoms with Crippen LogP contribution >= 0.6 is 11.6 Å². The van der Waals surface area contributed by atoms with E-state index in [0.717, 1.165) is 0 Å². The molecule has 4 nitrogen and oxygen atoms in total. The van der Waals surface area contributed by atoms with Gasteiger partial charge in [-0.1, -0.05) is 28.9 Å². The van der Waals surface area contributed by atoms with E-state index in [1.54, 1.807) is 29.2 Å². The molecule has 1 aromatic carbocycles. The van der Waals surface area contributed by atoms with E-state index in [9.17, 15) is 4.39 Å². The summed E-state index contributed by atoms with van der Waals surface area (Å²) in [5.41, 5.74) is 0.566. The minimum absolute atomic E-state index is 0.153. The van der Waals surface area contributed by atoms with Crippen molar-refractivity contribution in [2.75, 3.05) is 6.54 Å².